The molecular weight excluding hydrogens is 622 g/mol. The fraction of sp³-hybridized carbons (Fsp3) is 0.410. The molecule has 10 heteroatoms. The molecule has 0 saturated carbocycles. The average molecular weight is 676 g/mol. The number of urea groups is 1. The summed E-state index contributed by atoms with van der Waals surface area (Å²) >= 11 is 0. The second kappa shape index (κ2) is 19.4. The van der Waals surface area contributed by atoms with Crippen molar-refractivity contribution in [1.82, 2.24) is 14.7 Å². The maximum Gasteiger partial charge on any atom is 0.325 e. The van der Waals surface area contributed by atoms with Crippen LogP contribution in [0.4, 0.5) is 4.79 Å². The van der Waals surface area contributed by atoms with Crippen LogP contribution in [0.5, 0.6) is 17.2 Å². The van der Waals surface area contributed by atoms with Gasteiger partial charge in [-0.2, -0.15) is 0 Å². The zero-order valence-corrected chi connectivity index (χ0v) is 29.6. The Balaban J connectivity index is 0.00000201. The first kappa shape index (κ1) is 40.5. The quantitative estimate of drug-likeness (QED) is 0.202. The number of hydrogen-bond acceptors (Lipinski definition) is 8. The van der Waals surface area contributed by atoms with E-state index in [2.05, 4.69) is 25.3 Å². The number of carbonyl (C=O) groups is 3. The maximum absolute atomic E-state index is 14.8. The highest BCUT2D eigenvalue weighted by Crippen LogP contribution is 2.43. The predicted molar refractivity (Wildman–Crippen MR) is 194 cm³/mol. The summed E-state index contributed by atoms with van der Waals surface area (Å²) in [6, 6.07) is 19.2. The lowest BCUT2D eigenvalue weighted by Gasteiger charge is -2.43. The smallest absolute Gasteiger partial charge is 0.325 e. The molecule has 1 aliphatic heterocycles. The molecule has 2 unspecified atom stereocenters. The fourth-order valence-corrected chi connectivity index (χ4v) is 6.00. The number of phenols is 2. The van der Waals surface area contributed by atoms with E-state index < -0.39 is 11.5 Å². The molecule has 3 aromatic carbocycles. The average Bonchev–Trinajstić information content (AvgIpc) is 3.13. The van der Waals surface area contributed by atoms with Crippen molar-refractivity contribution in [2.75, 3.05) is 45.9 Å². The van der Waals surface area contributed by atoms with Gasteiger partial charge in [0, 0.05) is 48.8 Å². The highest BCUT2D eigenvalue weighted by Gasteiger charge is 2.37. The SMILES string of the molecule is C=C(c1ccc(C(C)(C)CO)cc1OCC)N(C(=O)N1CCN(CCC)CC1)C(c1ccc(O)cc1)C(C)c1ccc(O)cc1.C=O.C=O. The molecule has 1 fully saturated rings. The van der Waals surface area contributed by atoms with E-state index in [-0.39, 0.29) is 30.1 Å². The molecule has 3 aromatic rings. The van der Waals surface area contributed by atoms with Gasteiger partial charge in [0.05, 0.1) is 19.3 Å². The van der Waals surface area contributed by atoms with Gasteiger partial charge in [0.2, 0.25) is 0 Å². The first-order valence-electron chi connectivity index (χ1n) is 16.5. The van der Waals surface area contributed by atoms with E-state index in [1.165, 1.54) is 0 Å². The molecule has 2 amide bonds. The van der Waals surface area contributed by atoms with E-state index in [4.69, 9.17) is 14.3 Å². The van der Waals surface area contributed by atoms with Gasteiger partial charge in [-0.3, -0.25) is 9.80 Å². The third-order valence-electron chi connectivity index (χ3n) is 8.85. The lowest BCUT2D eigenvalue weighted by Crippen LogP contribution is -2.53. The highest BCUT2D eigenvalue weighted by atomic mass is 16.5. The van der Waals surface area contributed by atoms with E-state index in [1.54, 1.807) is 29.2 Å². The largest absolute Gasteiger partial charge is 0.508 e. The molecule has 0 aliphatic carbocycles. The number of aliphatic hydroxyl groups excluding tert-OH is 1. The topological polar surface area (TPSA) is 131 Å². The van der Waals surface area contributed by atoms with Gasteiger partial charge in [-0.25, -0.2) is 4.79 Å². The maximum atomic E-state index is 14.8. The van der Waals surface area contributed by atoms with E-state index in [0.717, 1.165) is 42.7 Å². The molecule has 0 spiro atoms. The van der Waals surface area contributed by atoms with Crippen LogP contribution in [0.15, 0.2) is 73.3 Å². The first-order chi connectivity index (χ1) is 23.5. The number of rotatable bonds is 12. The second-order valence-electron chi connectivity index (χ2n) is 12.5. The summed E-state index contributed by atoms with van der Waals surface area (Å²) in [5.41, 5.74) is 3.40. The van der Waals surface area contributed by atoms with Gasteiger partial charge in [-0.1, -0.05) is 64.6 Å². The zero-order chi connectivity index (χ0) is 36.7. The van der Waals surface area contributed by atoms with Gasteiger partial charge < -0.3 is 34.5 Å². The number of carbonyl (C=O) groups excluding carboxylic acids is 3. The van der Waals surface area contributed by atoms with Crippen LogP contribution in [-0.2, 0) is 15.0 Å². The van der Waals surface area contributed by atoms with Crippen molar-refractivity contribution < 1.29 is 34.4 Å². The van der Waals surface area contributed by atoms with Gasteiger partial charge in [0.1, 0.15) is 30.8 Å². The lowest BCUT2D eigenvalue weighted by molar-refractivity contribution is -0.0987. The van der Waals surface area contributed by atoms with Gasteiger partial charge in [-0.15, -0.1) is 0 Å². The van der Waals surface area contributed by atoms with E-state index >= 15 is 0 Å². The van der Waals surface area contributed by atoms with E-state index in [9.17, 15) is 20.1 Å². The second-order valence-corrected chi connectivity index (χ2v) is 12.5. The van der Waals surface area contributed by atoms with Crippen LogP contribution < -0.4 is 4.74 Å². The number of aliphatic hydroxyl groups is 1. The van der Waals surface area contributed by atoms with Crippen molar-refractivity contribution in [3.63, 3.8) is 0 Å². The molecule has 4 rings (SSSR count). The molecule has 10 nitrogen and oxygen atoms in total. The molecule has 3 N–H and O–H groups in total. The molecule has 49 heavy (non-hydrogen) atoms. The third-order valence-corrected chi connectivity index (χ3v) is 8.85. The molecule has 0 aromatic heterocycles. The number of piperazine rings is 1. The van der Waals surface area contributed by atoms with Crippen LogP contribution in [-0.4, -0.2) is 95.6 Å². The number of aromatic hydroxyl groups is 2. The monoisotopic (exact) mass is 675 g/mol. The minimum absolute atomic E-state index is 0.0272. The van der Waals surface area contributed by atoms with Gasteiger partial charge in [0.15, 0.2) is 0 Å². The predicted octanol–water partition coefficient (Wildman–Crippen LogP) is 6.36. The first-order valence-corrected chi connectivity index (χ1v) is 16.5. The molecule has 0 radical (unpaired) electrons. The lowest BCUT2D eigenvalue weighted by atomic mass is 9.84. The normalized spacial score (nSPS) is 14.3. The summed E-state index contributed by atoms with van der Waals surface area (Å²) < 4.78 is 6.15. The van der Waals surface area contributed by atoms with Crippen molar-refractivity contribution in [1.29, 1.82) is 0 Å². The van der Waals surface area contributed by atoms with Crippen LogP contribution in [0.2, 0.25) is 0 Å². The number of amides is 2. The Morgan fingerprint density at radius 3 is 1.90 bits per heavy atom. The Morgan fingerprint density at radius 2 is 1.41 bits per heavy atom. The van der Waals surface area contributed by atoms with Crippen molar-refractivity contribution in [3.05, 3.63) is 95.6 Å². The number of ether oxygens (including phenoxy) is 1. The number of phenolic OH excluding ortho intramolecular Hbond substituents is 2. The minimum atomic E-state index is -0.508. The standard InChI is InChI=1S/C37H49N3O5.2CH2O/c1-7-19-38-20-22-39(23-21-38)36(44)40(27(4)33-18-13-30(37(5,6)25-41)24-34(33)45-8-2)35(29-11-16-32(43)17-12-29)26(3)28-9-14-31(42)15-10-28;2*1-2/h9-18,24,26,35,41-43H,4,7-8,19-23,25H2,1-3,5-6H3;2*1H2. The van der Waals surface area contributed by atoms with Crippen LogP contribution in [0, 0.1) is 0 Å². The summed E-state index contributed by atoms with van der Waals surface area (Å²) in [5.74, 6) is 0.676. The number of hydrogen-bond donors (Lipinski definition) is 3. The van der Waals surface area contributed by atoms with Gasteiger partial charge in [0.25, 0.3) is 0 Å². The van der Waals surface area contributed by atoms with Crippen molar-refractivity contribution in [2.24, 2.45) is 0 Å². The summed E-state index contributed by atoms with van der Waals surface area (Å²) in [7, 11) is 0. The molecular formula is C39H53N3O7. The van der Waals surface area contributed by atoms with Gasteiger partial charge in [-0.05, 0) is 73.0 Å². The molecule has 0 bridgehead atoms. The van der Waals surface area contributed by atoms with Crippen LogP contribution in [0.1, 0.15) is 75.3 Å². The minimum Gasteiger partial charge on any atom is -0.508 e. The summed E-state index contributed by atoms with van der Waals surface area (Å²) in [6.07, 6.45) is 1.06. The Hall–Kier alpha value is -4.67. The highest BCUT2D eigenvalue weighted by molar-refractivity contribution is 5.87. The van der Waals surface area contributed by atoms with Crippen molar-refractivity contribution in [3.8, 4) is 17.2 Å². The molecule has 1 aliphatic rings. The van der Waals surface area contributed by atoms with Crippen LogP contribution >= 0.6 is 0 Å². The Morgan fingerprint density at radius 1 is 0.878 bits per heavy atom. The number of nitrogens with zero attached hydrogens (tertiary/aromatic N) is 3. The van der Waals surface area contributed by atoms with Gasteiger partial charge >= 0.3 is 6.03 Å². The fourth-order valence-electron chi connectivity index (χ4n) is 6.00. The summed E-state index contributed by atoms with van der Waals surface area (Å²) in [4.78, 5) is 36.9. The summed E-state index contributed by atoms with van der Waals surface area (Å²) in [6.45, 7) is 22.8. The Labute approximate surface area is 291 Å². The number of benzene rings is 3. The molecule has 1 saturated heterocycles. The van der Waals surface area contributed by atoms with E-state index in [0.29, 0.717) is 36.7 Å². The van der Waals surface area contributed by atoms with Crippen molar-refractivity contribution >= 4 is 25.3 Å². The van der Waals surface area contributed by atoms with Crippen LogP contribution in [0.3, 0.4) is 0 Å². The molecule has 266 valence electrons. The zero-order valence-electron chi connectivity index (χ0n) is 29.6. The van der Waals surface area contributed by atoms with E-state index in [1.807, 2.05) is 81.7 Å². The Kier molecular flexibility index (Phi) is 16.0. The van der Waals surface area contributed by atoms with Crippen molar-refractivity contribution in [2.45, 2.75) is 58.4 Å². The van der Waals surface area contributed by atoms with Crippen LogP contribution in [0.25, 0.3) is 5.70 Å². The summed E-state index contributed by atoms with van der Waals surface area (Å²) in [5, 5.41) is 30.2. The third kappa shape index (κ3) is 10.2. The molecule has 2 atom stereocenters. The Bertz CT molecular complexity index is 1470. The molecule has 1 heterocycles.